The van der Waals surface area contributed by atoms with Gasteiger partial charge in [-0.05, 0) is 52.2 Å². The van der Waals surface area contributed by atoms with E-state index in [1.807, 2.05) is 51.4 Å². The third-order valence-electron chi connectivity index (χ3n) is 3.59. The Bertz CT molecular complexity index is 672. The molecule has 24 heavy (non-hydrogen) atoms. The summed E-state index contributed by atoms with van der Waals surface area (Å²) >= 11 is 0. The topological polar surface area (TPSA) is 61.4 Å². The van der Waals surface area contributed by atoms with E-state index in [1.54, 1.807) is 18.0 Å². The highest BCUT2D eigenvalue weighted by Gasteiger charge is 2.16. The second-order valence-corrected chi connectivity index (χ2v) is 6.00. The smallest absolute Gasteiger partial charge is 0.276 e. The maximum absolute atomic E-state index is 12.7. The van der Waals surface area contributed by atoms with Crippen LogP contribution in [0.1, 0.15) is 22.6 Å². The summed E-state index contributed by atoms with van der Waals surface area (Å²) in [4.78, 5) is 25.1. The molecule has 1 amide bonds. The van der Waals surface area contributed by atoms with Gasteiger partial charge in [-0.25, -0.2) is 9.97 Å². The lowest BCUT2D eigenvalue weighted by Gasteiger charge is -2.17. The van der Waals surface area contributed by atoms with E-state index in [1.165, 1.54) is 0 Å². The fourth-order valence-electron chi connectivity index (χ4n) is 2.29. The first-order chi connectivity index (χ1) is 11.5. The number of nitrogens with one attached hydrogen (secondary N) is 1. The summed E-state index contributed by atoms with van der Waals surface area (Å²) < 4.78 is 0. The van der Waals surface area contributed by atoms with Crippen LogP contribution in [-0.4, -0.2) is 55.0 Å². The van der Waals surface area contributed by atoms with Crippen molar-refractivity contribution in [3.05, 3.63) is 47.8 Å². The summed E-state index contributed by atoms with van der Waals surface area (Å²) in [5.74, 6) is 0.349. The maximum atomic E-state index is 12.7. The fraction of sp³-hybridized carbons (Fsp3) is 0.389. The van der Waals surface area contributed by atoms with E-state index in [9.17, 15) is 4.79 Å². The summed E-state index contributed by atoms with van der Waals surface area (Å²) in [5, 5.41) is 3.20. The molecule has 0 unspecified atom stereocenters. The number of anilines is 2. The number of hydrogen-bond acceptors (Lipinski definition) is 5. The monoisotopic (exact) mass is 327 g/mol. The zero-order chi connectivity index (χ0) is 17.5. The highest BCUT2D eigenvalue weighted by atomic mass is 16.2. The molecule has 0 spiro atoms. The second-order valence-electron chi connectivity index (χ2n) is 6.00. The largest absolute Gasteiger partial charge is 0.354 e. The normalized spacial score (nSPS) is 10.7. The highest BCUT2D eigenvalue weighted by molar-refractivity contribution is 6.04. The number of carbonyl (C=O) groups is 1. The Labute approximate surface area is 143 Å². The molecule has 0 saturated heterocycles. The van der Waals surface area contributed by atoms with Crippen LogP contribution < -0.4 is 10.2 Å². The van der Waals surface area contributed by atoms with Gasteiger partial charge < -0.3 is 15.1 Å². The standard InChI is InChI=1S/C18H25N5O/c1-14-13-16(17(24)23(4)15-9-6-5-7-10-15)21-18(20-14)19-11-8-12-22(2)3/h5-7,9-10,13H,8,11-12H2,1-4H3,(H,19,20,21). The van der Waals surface area contributed by atoms with E-state index >= 15 is 0 Å². The van der Waals surface area contributed by atoms with Crippen molar-refractivity contribution in [1.82, 2.24) is 14.9 Å². The minimum absolute atomic E-state index is 0.150. The predicted molar refractivity (Wildman–Crippen MR) is 97.6 cm³/mol. The third-order valence-corrected chi connectivity index (χ3v) is 3.59. The van der Waals surface area contributed by atoms with E-state index in [4.69, 9.17) is 0 Å². The van der Waals surface area contributed by atoms with Gasteiger partial charge in [-0.1, -0.05) is 18.2 Å². The Kier molecular flexibility index (Phi) is 6.26. The first-order valence-corrected chi connectivity index (χ1v) is 8.05. The number of carbonyl (C=O) groups excluding carboxylic acids is 1. The molecule has 0 saturated carbocycles. The van der Waals surface area contributed by atoms with Gasteiger partial charge in [0, 0.05) is 25.0 Å². The van der Waals surface area contributed by atoms with E-state index in [2.05, 4.69) is 20.2 Å². The average Bonchev–Trinajstić information content (AvgIpc) is 2.57. The minimum atomic E-state index is -0.150. The van der Waals surface area contributed by atoms with Crippen molar-refractivity contribution in [3.63, 3.8) is 0 Å². The van der Waals surface area contributed by atoms with Crippen LogP contribution >= 0.6 is 0 Å². The number of aromatic nitrogens is 2. The molecule has 0 fully saturated rings. The molecule has 1 heterocycles. The van der Waals surface area contributed by atoms with E-state index in [-0.39, 0.29) is 5.91 Å². The molecular weight excluding hydrogens is 302 g/mol. The van der Waals surface area contributed by atoms with Crippen LogP contribution in [-0.2, 0) is 0 Å². The molecule has 0 aliphatic rings. The lowest BCUT2D eigenvalue weighted by atomic mass is 10.2. The SMILES string of the molecule is Cc1cc(C(=O)N(C)c2ccccc2)nc(NCCCN(C)C)n1. The number of aryl methyl sites for hydroxylation is 1. The average molecular weight is 327 g/mol. The van der Waals surface area contributed by atoms with Crippen molar-refractivity contribution >= 4 is 17.5 Å². The van der Waals surface area contributed by atoms with Crippen LogP contribution in [0.5, 0.6) is 0 Å². The molecule has 2 rings (SSSR count). The molecular formula is C18H25N5O. The van der Waals surface area contributed by atoms with E-state index in [0.717, 1.165) is 30.9 Å². The van der Waals surface area contributed by atoms with Gasteiger partial charge in [0.05, 0.1) is 0 Å². The molecule has 1 aromatic heterocycles. The lowest BCUT2D eigenvalue weighted by Crippen LogP contribution is -2.27. The van der Waals surface area contributed by atoms with Gasteiger partial charge in [0.15, 0.2) is 0 Å². The maximum Gasteiger partial charge on any atom is 0.276 e. The Morgan fingerprint density at radius 3 is 2.50 bits per heavy atom. The van der Waals surface area contributed by atoms with Gasteiger partial charge in [0.25, 0.3) is 5.91 Å². The summed E-state index contributed by atoms with van der Waals surface area (Å²) in [6.07, 6.45) is 0.984. The van der Waals surface area contributed by atoms with Crippen LogP contribution in [0.3, 0.4) is 0 Å². The quantitative estimate of drug-likeness (QED) is 0.792. The number of hydrogen-bond donors (Lipinski definition) is 1. The molecule has 1 aromatic carbocycles. The Morgan fingerprint density at radius 1 is 1.12 bits per heavy atom. The van der Waals surface area contributed by atoms with Crippen molar-refractivity contribution in [2.75, 3.05) is 44.4 Å². The Morgan fingerprint density at radius 2 is 1.83 bits per heavy atom. The molecule has 0 aliphatic heterocycles. The van der Waals surface area contributed by atoms with Gasteiger partial charge in [0.1, 0.15) is 5.69 Å². The zero-order valence-corrected chi connectivity index (χ0v) is 14.8. The molecule has 6 nitrogen and oxygen atoms in total. The molecule has 6 heteroatoms. The number of amides is 1. The van der Waals surface area contributed by atoms with E-state index < -0.39 is 0 Å². The zero-order valence-electron chi connectivity index (χ0n) is 14.8. The van der Waals surface area contributed by atoms with Crippen molar-refractivity contribution < 1.29 is 4.79 Å². The minimum Gasteiger partial charge on any atom is -0.354 e. The highest BCUT2D eigenvalue weighted by Crippen LogP contribution is 2.15. The van der Waals surface area contributed by atoms with Crippen molar-refractivity contribution in [2.24, 2.45) is 0 Å². The predicted octanol–water partition coefficient (Wildman–Crippen LogP) is 2.43. The van der Waals surface area contributed by atoms with Crippen molar-refractivity contribution in [3.8, 4) is 0 Å². The molecule has 128 valence electrons. The molecule has 2 aromatic rings. The Hall–Kier alpha value is -2.47. The van der Waals surface area contributed by atoms with Gasteiger partial charge in [-0.2, -0.15) is 0 Å². The van der Waals surface area contributed by atoms with Crippen LogP contribution in [0, 0.1) is 6.92 Å². The molecule has 1 N–H and O–H groups in total. The van der Waals surface area contributed by atoms with Gasteiger partial charge in [-0.3, -0.25) is 4.79 Å². The second kappa shape index (κ2) is 8.40. The molecule has 0 atom stereocenters. The Balaban J connectivity index is 2.08. The van der Waals surface area contributed by atoms with Crippen LogP contribution in [0.4, 0.5) is 11.6 Å². The van der Waals surface area contributed by atoms with Crippen LogP contribution in [0.2, 0.25) is 0 Å². The molecule has 0 bridgehead atoms. The van der Waals surface area contributed by atoms with Crippen molar-refractivity contribution in [1.29, 1.82) is 0 Å². The van der Waals surface area contributed by atoms with E-state index in [0.29, 0.717) is 11.6 Å². The molecule has 0 aliphatic carbocycles. The number of nitrogens with zero attached hydrogens (tertiary/aromatic N) is 4. The van der Waals surface area contributed by atoms with Gasteiger partial charge >= 0.3 is 0 Å². The first kappa shape index (κ1) is 17.9. The summed E-state index contributed by atoms with van der Waals surface area (Å²) in [7, 11) is 5.83. The summed E-state index contributed by atoms with van der Waals surface area (Å²) in [6.45, 7) is 3.62. The van der Waals surface area contributed by atoms with Gasteiger partial charge in [-0.15, -0.1) is 0 Å². The summed E-state index contributed by atoms with van der Waals surface area (Å²) in [6, 6.07) is 11.2. The first-order valence-electron chi connectivity index (χ1n) is 8.05. The van der Waals surface area contributed by atoms with Crippen LogP contribution in [0.15, 0.2) is 36.4 Å². The van der Waals surface area contributed by atoms with Crippen molar-refractivity contribution in [2.45, 2.75) is 13.3 Å². The fourth-order valence-corrected chi connectivity index (χ4v) is 2.29. The lowest BCUT2D eigenvalue weighted by molar-refractivity contribution is 0.0988. The number of para-hydroxylation sites is 1. The number of benzene rings is 1. The molecule has 0 radical (unpaired) electrons. The summed E-state index contributed by atoms with van der Waals surface area (Å²) in [5.41, 5.74) is 1.99. The van der Waals surface area contributed by atoms with Gasteiger partial charge in [0.2, 0.25) is 5.95 Å². The van der Waals surface area contributed by atoms with Crippen LogP contribution in [0.25, 0.3) is 0 Å². The third kappa shape index (κ3) is 5.03. The number of rotatable bonds is 7.